The Labute approximate surface area is 183 Å². The summed E-state index contributed by atoms with van der Waals surface area (Å²) in [5.41, 5.74) is 7.85. The SMILES string of the molecule is COc1cnc(CN2CC(=Cc3ccccn3)C(=O)c3c(Cl)nc(N)nc32)cc1OC. The van der Waals surface area contributed by atoms with Gasteiger partial charge in [0, 0.05) is 24.4 Å². The second kappa shape index (κ2) is 8.57. The molecule has 0 atom stereocenters. The van der Waals surface area contributed by atoms with E-state index in [2.05, 4.69) is 19.9 Å². The summed E-state index contributed by atoms with van der Waals surface area (Å²) in [4.78, 5) is 32.0. The Morgan fingerprint density at radius 1 is 1.19 bits per heavy atom. The zero-order valence-electron chi connectivity index (χ0n) is 16.9. The lowest BCUT2D eigenvalue weighted by Gasteiger charge is -2.31. The third kappa shape index (κ3) is 4.13. The highest BCUT2D eigenvalue weighted by molar-refractivity contribution is 6.35. The molecule has 0 aromatic carbocycles. The molecule has 0 saturated heterocycles. The van der Waals surface area contributed by atoms with Crippen LogP contribution in [0.3, 0.4) is 0 Å². The predicted molar refractivity (Wildman–Crippen MR) is 116 cm³/mol. The van der Waals surface area contributed by atoms with Crippen molar-refractivity contribution in [1.29, 1.82) is 0 Å². The van der Waals surface area contributed by atoms with Gasteiger partial charge in [-0.25, -0.2) is 4.98 Å². The van der Waals surface area contributed by atoms with Crippen molar-refractivity contribution in [2.24, 2.45) is 0 Å². The smallest absolute Gasteiger partial charge is 0.223 e. The monoisotopic (exact) mass is 438 g/mol. The van der Waals surface area contributed by atoms with Crippen molar-refractivity contribution >= 4 is 35.2 Å². The fraction of sp³-hybridized carbons (Fsp3) is 0.190. The van der Waals surface area contributed by atoms with E-state index in [1.54, 1.807) is 38.8 Å². The number of rotatable bonds is 5. The lowest BCUT2D eigenvalue weighted by atomic mass is 9.98. The molecule has 3 aromatic rings. The van der Waals surface area contributed by atoms with Gasteiger partial charge in [-0.15, -0.1) is 0 Å². The van der Waals surface area contributed by atoms with Gasteiger partial charge in [0.05, 0.1) is 38.3 Å². The van der Waals surface area contributed by atoms with Crippen molar-refractivity contribution in [1.82, 2.24) is 19.9 Å². The molecule has 4 heterocycles. The molecular weight excluding hydrogens is 420 g/mol. The van der Waals surface area contributed by atoms with Gasteiger partial charge in [-0.05, 0) is 18.2 Å². The number of carbonyl (C=O) groups is 1. The quantitative estimate of drug-likeness (QED) is 0.474. The van der Waals surface area contributed by atoms with Gasteiger partial charge in [-0.3, -0.25) is 14.8 Å². The van der Waals surface area contributed by atoms with Crippen molar-refractivity contribution in [2.75, 3.05) is 31.4 Å². The Morgan fingerprint density at radius 2 is 2.00 bits per heavy atom. The molecule has 10 heteroatoms. The Hall–Kier alpha value is -3.72. The fourth-order valence-corrected chi connectivity index (χ4v) is 3.57. The number of fused-ring (bicyclic) bond motifs is 1. The molecule has 0 aliphatic carbocycles. The van der Waals surface area contributed by atoms with E-state index >= 15 is 0 Å². The van der Waals surface area contributed by atoms with Gasteiger partial charge in [-0.1, -0.05) is 17.7 Å². The second-order valence-corrected chi connectivity index (χ2v) is 7.07. The molecule has 0 saturated carbocycles. The zero-order valence-corrected chi connectivity index (χ0v) is 17.6. The zero-order chi connectivity index (χ0) is 22.0. The van der Waals surface area contributed by atoms with E-state index in [1.807, 2.05) is 23.1 Å². The molecule has 1 aliphatic rings. The van der Waals surface area contributed by atoms with Crippen LogP contribution in [-0.2, 0) is 6.54 Å². The molecule has 1 aliphatic heterocycles. The van der Waals surface area contributed by atoms with Gasteiger partial charge in [-0.2, -0.15) is 4.98 Å². The summed E-state index contributed by atoms with van der Waals surface area (Å²) >= 11 is 6.29. The molecule has 0 bridgehead atoms. The summed E-state index contributed by atoms with van der Waals surface area (Å²) in [7, 11) is 3.10. The maximum absolute atomic E-state index is 13.2. The minimum absolute atomic E-state index is 0.00407. The second-order valence-electron chi connectivity index (χ2n) is 6.71. The maximum atomic E-state index is 13.2. The van der Waals surface area contributed by atoms with Gasteiger partial charge in [0.25, 0.3) is 0 Å². The van der Waals surface area contributed by atoms with Crippen LogP contribution in [0.25, 0.3) is 6.08 Å². The Bertz CT molecular complexity index is 1170. The number of nitrogen functional groups attached to an aromatic ring is 1. The minimum Gasteiger partial charge on any atom is -0.493 e. The van der Waals surface area contributed by atoms with Crippen LogP contribution in [0.5, 0.6) is 11.5 Å². The van der Waals surface area contributed by atoms with Crippen molar-refractivity contribution < 1.29 is 14.3 Å². The number of ketones is 1. The van der Waals surface area contributed by atoms with Crippen LogP contribution in [0.2, 0.25) is 5.15 Å². The first-order chi connectivity index (χ1) is 15.0. The fourth-order valence-electron chi connectivity index (χ4n) is 3.32. The van der Waals surface area contributed by atoms with Crippen molar-refractivity contribution in [3.63, 3.8) is 0 Å². The summed E-state index contributed by atoms with van der Waals surface area (Å²) in [5.74, 6) is 1.15. The topological polar surface area (TPSA) is 116 Å². The molecular formula is C21H19ClN6O3. The molecule has 0 fully saturated rings. The van der Waals surface area contributed by atoms with Crippen LogP contribution in [0.4, 0.5) is 11.8 Å². The average molecular weight is 439 g/mol. The van der Waals surface area contributed by atoms with Crippen LogP contribution >= 0.6 is 11.6 Å². The van der Waals surface area contributed by atoms with Crippen LogP contribution in [0, 0.1) is 0 Å². The van der Waals surface area contributed by atoms with Gasteiger partial charge in [0.15, 0.2) is 17.3 Å². The summed E-state index contributed by atoms with van der Waals surface area (Å²) in [6, 6.07) is 7.24. The Morgan fingerprint density at radius 3 is 2.71 bits per heavy atom. The van der Waals surface area contributed by atoms with Crippen LogP contribution in [-0.4, -0.2) is 46.5 Å². The van der Waals surface area contributed by atoms with Crippen LogP contribution in [0.1, 0.15) is 21.7 Å². The molecule has 9 nitrogen and oxygen atoms in total. The van der Waals surface area contributed by atoms with Gasteiger partial charge in [0.2, 0.25) is 5.95 Å². The highest BCUT2D eigenvalue weighted by atomic mass is 35.5. The maximum Gasteiger partial charge on any atom is 0.223 e. The summed E-state index contributed by atoms with van der Waals surface area (Å²) in [6.07, 6.45) is 4.97. The number of aromatic nitrogens is 4. The van der Waals surface area contributed by atoms with E-state index in [0.717, 1.165) is 0 Å². The summed E-state index contributed by atoms with van der Waals surface area (Å²) in [5, 5.41) is 0.00407. The lowest BCUT2D eigenvalue weighted by Crippen LogP contribution is -2.35. The normalized spacial score (nSPS) is 14.5. The molecule has 2 N–H and O–H groups in total. The highest BCUT2D eigenvalue weighted by Gasteiger charge is 2.32. The number of Topliss-reactive ketones (excluding diaryl/α,β-unsaturated/α-hetero) is 1. The molecule has 0 amide bonds. The van der Waals surface area contributed by atoms with E-state index in [4.69, 9.17) is 26.8 Å². The number of anilines is 2. The summed E-state index contributed by atoms with van der Waals surface area (Å²) < 4.78 is 10.6. The third-order valence-corrected chi connectivity index (χ3v) is 5.01. The van der Waals surface area contributed by atoms with Crippen molar-refractivity contribution in [3.8, 4) is 11.5 Å². The average Bonchev–Trinajstić information content (AvgIpc) is 2.77. The number of hydrogen-bond donors (Lipinski definition) is 1. The van der Waals surface area contributed by atoms with Gasteiger partial charge < -0.3 is 20.1 Å². The molecule has 3 aromatic heterocycles. The highest BCUT2D eigenvalue weighted by Crippen LogP contribution is 2.35. The van der Waals surface area contributed by atoms with Crippen LogP contribution < -0.4 is 20.1 Å². The number of hydrogen-bond acceptors (Lipinski definition) is 9. The van der Waals surface area contributed by atoms with Gasteiger partial charge in [0.1, 0.15) is 16.5 Å². The minimum atomic E-state index is -0.262. The number of halogens is 1. The van der Waals surface area contributed by atoms with E-state index < -0.39 is 0 Å². The third-order valence-electron chi connectivity index (χ3n) is 4.73. The van der Waals surface area contributed by atoms with Crippen molar-refractivity contribution in [2.45, 2.75) is 6.54 Å². The summed E-state index contributed by atoms with van der Waals surface area (Å²) in [6.45, 7) is 0.595. The Kier molecular flexibility index (Phi) is 5.68. The molecule has 0 spiro atoms. The van der Waals surface area contributed by atoms with E-state index in [-0.39, 0.29) is 29.0 Å². The standard InChI is InChI=1S/C21H19ClN6O3/c1-30-15-8-14(25-9-16(15)31-2)11-28-10-12(7-13-5-3-4-6-24-13)18(29)17-19(22)26-21(23)27-20(17)28/h3-9H,10-11H2,1-2H3,(H2,23,26,27). The number of ether oxygens (including phenoxy) is 2. The van der Waals surface area contributed by atoms with E-state index in [1.165, 1.54) is 0 Å². The number of carbonyl (C=O) groups excluding carboxylic acids is 1. The van der Waals surface area contributed by atoms with Crippen molar-refractivity contribution in [3.05, 3.63) is 64.3 Å². The van der Waals surface area contributed by atoms with E-state index in [0.29, 0.717) is 40.8 Å². The first-order valence-electron chi connectivity index (χ1n) is 9.31. The largest absolute Gasteiger partial charge is 0.493 e. The number of methoxy groups -OCH3 is 2. The Balaban J connectivity index is 1.77. The molecule has 0 unspecified atom stereocenters. The first kappa shape index (κ1) is 20.5. The van der Waals surface area contributed by atoms with Crippen LogP contribution in [0.15, 0.2) is 42.2 Å². The number of pyridine rings is 2. The lowest BCUT2D eigenvalue weighted by molar-refractivity contribution is 0.103. The number of nitrogens with zero attached hydrogens (tertiary/aromatic N) is 5. The molecule has 158 valence electrons. The number of nitrogens with two attached hydrogens (primary N) is 1. The molecule has 0 radical (unpaired) electrons. The first-order valence-corrected chi connectivity index (χ1v) is 9.69. The predicted octanol–water partition coefficient (Wildman–Crippen LogP) is 2.81. The molecule has 31 heavy (non-hydrogen) atoms. The van der Waals surface area contributed by atoms with E-state index in [9.17, 15) is 4.79 Å². The molecule has 4 rings (SSSR count). The van der Waals surface area contributed by atoms with Gasteiger partial charge >= 0.3 is 0 Å².